The Bertz CT molecular complexity index is 1230. The molecule has 0 fully saturated rings. The number of carbonyl (C=O) groups is 2. The number of hydrogen-bond donors (Lipinski definition) is 1. The Kier molecular flexibility index (Phi) is 12.4. The summed E-state index contributed by atoms with van der Waals surface area (Å²) in [6.45, 7) is 9.83. The number of carbonyl (C=O) groups excluding carboxylic acids is 2. The van der Waals surface area contributed by atoms with Crippen molar-refractivity contribution in [1.29, 1.82) is 0 Å². The van der Waals surface area contributed by atoms with Gasteiger partial charge in [-0.15, -0.1) is 0 Å². The lowest BCUT2D eigenvalue weighted by atomic mass is 10.0. The molecule has 0 saturated heterocycles. The maximum atomic E-state index is 13.9. The van der Waals surface area contributed by atoms with Gasteiger partial charge >= 0.3 is 0 Å². The molecule has 0 radical (unpaired) electrons. The van der Waals surface area contributed by atoms with Crippen molar-refractivity contribution in [2.75, 3.05) is 19.8 Å². The summed E-state index contributed by atoms with van der Waals surface area (Å²) in [5.41, 5.74) is 2.83. The highest BCUT2D eigenvalue weighted by atomic mass is 35.5. The largest absolute Gasteiger partial charge is 0.490 e. The van der Waals surface area contributed by atoms with Crippen LogP contribution >= 0.6 is 11.6 Å². The second kappa shape index (κ2) is 15.9. The fraction of sp³-hybridized carbons (Fsp3) is 0.394. The highest BCUT2D eigenvalue weighted by Crippen LogP contribution is 2.29. The molecule has 1 N–H and O–H groups in total. The fourth-order valence-electron chi connectivity index (χ4n) is 4.45. The van der Waals surface area contributed by atoms with E-state index in [9.17, 15) is 9.59 Å². The summed E-state index contributed by atoms with van der Waals surface area (Å²) < 4.78 is 11.5. The number of hydrogen-bond acceptors (Lipinski definition) is 4. The number of ether oxygens (including phenoxy) is 2. The van der Waals surface area contributed by atoms with E-state index in [1.165, 1.54) is 0 Å². The monoisotopic (exact) mass is 564 g/mol. The SMILES string of the molecule is CCOc1ccc(CCC(=O)N(Cc2cccc(Cl)c2)[C@H](Cc2ccccc2)C(=O)NCC(C)C)cc1OCC. The van der Waals surface area contributed by atoms with Crippen LogP contribution < -0.4 is 14.8 Å². The summed E-state index contributed by atoms with van der Waals surface area (Å²) in [6, 6.07) is 22.3. The Labute approximate surface area is 243 Å². The van der Waals surface area contributed by atoms with E-state index in [4.69, 9.17) is 21.1 Å². The first-order chi connectivity index (χ1) is 19.3. The van der Waals surface area contributed by atoms with Gasteiger partial charge in [0, 0.05) is 31.0 Å². The van der Waals surface area contributed by atoms with Gasteiger partial charge in [-0.2, -0.15) is 0 Å². The van der Waals surface area contributed by atoms with Gasteiger partial charge in [-0.1, -0.05) is 74.0 Å². The molecule has 0 spiro atoms. The molecule has 0 unspecified atom stereocenters. The summed E-state index contributed by atoms with van der Waals surface area (Å²) in [6.07, 6.45) is 1.15. The van der Waals surface area contributed by atoms with Crippen LogP contribution in [0.1, 0.15) is 50.8 Å². The molecule has 6 nitrogen and oxygen atoms in total. The van der Waals surface area contributed by atoms with Crippen LogP contribution in [-0.2, 0) is 29.0 Å². The van der Waals surface area contributed by atoms with E-state index in [-0.39, 0.29) is 30.7 Å². The summed E-state index contributed by atoms with van der Waals surface area (Å²) in [5, 5.41) is 3.65. The van der Waals surface area contributed by atoms with Gasteiger partial charge in [0.1, 0.15) is 6.04 Å². The van der Waals surface area contributed by atoms with Gasteiger partial charge < -0.3 is 19.7 Å². The molecule has 0 saturated carbocycles. The van der Waals surface area contributed by atoms with Crippen LogP contribution in [0.3, 0.4) is 0 Å². The summed E-state index contributed by atoms with van der Waals surface area (Å²) in [7, 11) is 0. The molecular weight excluding hydrogens is 524 g/mol. The van der Waals surface area contributed by atoms with Crippen molar-refractivity contribution in [3.63, 3.8) is 0 Å². The summed E-state index contributed by atoms with van der Waals surface area (Å²) in [4.78, 5) is 29.2. The van der Waals surface area contributed by atoms with Crippen molar-refractivity contribution in [3.8, 4) is 11.5 Å². The average Bonchev–Trinajstić information content (AvgIpc) is 2.94. The highest BCUT2D eigenvalue weighted by molar-refractivity contribution is 6.30. The predicted molar refractivity (Wildman–Crippen MR) is 161 cm³/mol. The van der Waals surface area contributed by atoms with Crippen molar-refractivity contribution in [2.24, 2.45) is 5.92 Å². The van der Waals surface area contributed by atoms with Crippen molar-refractivity contribution < 1.29 is 19.1 Å². The minimum Gasteiger partial charge on any atom is -0.490 e. The Morgan fingerprint density at radius 2 is 1.55 bits per heavy atom. The molecule has 2 amide bonds. The molecule has 0 aliphatic heterocycles. The van der Waals surface area contributed by atoms with E-state index in [0.717, 1.165) is 16.7 Å². The molecule has 3 aromatic carbocycles. The van der Waals surface area contributed by atoms with E-state index in [2.05, 4.69) is 19.2 Å². The predicted octanol–water partition coefficient (Wildman–Crippen LogP) is 6.48. The lowest BCUT2D eigenvalue weighted by Gasteiger charge is -2.32. The van der Waals surface area contributed by atoms with Crippen LogP contribution in [0.5, 0.6) is 11.5 Å². The minimum absolute atomic E-state index is 0.104. The zero-order valence-corrected chi connectivity index (χ0v) is 24.7. The van der Waals surface area contributed by atoms with Crippen LogP contribution in [0.25, 0.3) is 0 Å². The van der Waals surface area contributed by atoms with Crippen LogP contribution in [0, 0.1) is 5.92 Å². The van der Waals surface area contributed by atoms with Crippen LogP contribution in [-0.4, -0.2) is 42.5 Å². The first-order valence-electron chi connectivity index (χ1n) is 14.0. The van der Waals surface area contributed by atoms with Crippen molar-refractivity contribution in [3.05, 3.63) is 94.5 Å². The lowest BCUT2D eigenvalue weighted by molar-refractivity contribution is -0.141. The highest BCUT2D eigenvalue weighted by Gasteiger charge is 2.30. The molecule has 7 heteroatoms. The Hall–Kier alpha value is -3.51. The molecule has 0 heterocycles. The standard InChI is InChI=1S/C33H41ClN2O4/c1-5-39-30-17-15-26(21-31(30)40-6-2)16-18-32(37)36(23-27-13-10-14-28(34)19-27)29(33(38)35-22-24(3)4)20-25-11-8-7-9-12-25/h7-15,17,19,21,24,29H,5-6,16,18,20,22-23H2,1-4H3,(H,35,38)/t29-/m1/s1. The van der Waals surface area contributed by atoms with E-state index < -0.39 is 6.04 Å². The minimum atomic E-state index is -0.674. The first-order valence-corrected chi connectivity index (χ1v) is 14.4. The van der Waals surface area contributed by atoms with Crippen molar-refractivity contribution >= 4 is 23.4 Å². The van der Waals surface area contributed by atoms with Gasteiger partial charge in [0.25, 0.3) is 0 Å². The third-order valence-corrected chi connectivity index (χ3v) is 6.67. The Morgan fingerprint density at radius 3 is 2.23 bits per heavy atom. The summed E-state index contributed by atoms with van der Waals surface area (Å²) >= 11 is 6.28. The Balaban J connectivity index is 1.89. The quantitative estimate of drug-likeness (QED) is 0.229. The maximum Gasteiger partial charge on any atom is 0.243 e. The summed E-state index contributed by atoms with van der Waals surface area (Å²) in [5.74, 6) is 1.38. The normalized spacial score (nSPS) is 11.7. The molecule has 40 heavy (non-hydrogen) atoms. The zero-order valence-electron chi connectivity index (χ0n) is 24.0. The van der Waals surface area contributed by atoms with Crippen LogP contribution in [0.4, 0.5) is 0 Å². The number of nitrogens with zero attached hydrogens (tertiary/aromatic N) is 1. The van der Waals surface area contributed by atoms with Crippen LogP contribution in [0.15, 0.2) is 72.8 Å². The van der Waals surface area contributed by atoms with Gasteiger partial charge in [-0.3, -0.25) is 9.59 Å². The number of halogens is 1. The smallest absolute Gasteiger partial charge is 0.243 e. The van der Waals surface area contributed by atoms with Gasteiger partial charge in [0.15, 0.2) is 11.5 Å². The molecular formula is C33H41ClN2O4. The fourth-order valence-corrected chi connectivity index (χ4v) is 4.67. The van der Waals surface area contributed by atoms with Gasteiger partial charge in [-0.25, -0.2) is 0 Å². The van der Waals surface area contributed by atoms with Gasteiger partial charge in [0.2, 0.25) is 11.8 Å². The average molecular weight is 565 g/mol. The second-order valence-corrected chi connectivity index (χ2v) is 10.6. The number of aryl methyl sites for hydroxylation is 1. The molecule has 3 aromatic rings. The lowest BCUT2D eigenvalue weighted by Crippen LogP contribution is -2.51. The van der Waals surface area contributed by atoms with Gasteiger partial charge in [-0.05, 0) is 67.1 Å². The third-order valence-electron chi connectivity index (χ3n) is 6.43. The van der Waals surface area contributed by atoms with E-state index in [0.29, 0.717) is 49.1 Å². The van der Waals surface area contributed by atoms with Crippen molar-refractivity contribution in [1.82, 2.24) is 10.2 Å². The number of amides is 2. The molecule has 0 aliphatic carbocycles. The van der Waals surface area contributed by atoms with E-state index >= 15 is 0 Å². The molecule has 3 rings (SSSR count). The number of benzene rings is 3. The zero-order chi connectivity index (χ0) is 28.9. The van der Waals surface area contributed by atoms with Gasteiger partial charge in [0.05, 0.1) is 13.2 Å². The second-order valence-electron chi connectivity index (χ2n) is 10.1. The van der Waals surface area contributed by atoms with Crippen LogP contribution in [0.2, 0.25) is 5.02 Å². The van der Waals surface area contributed by atoms with E-state index in [1.54, 1.807) is 11.0 Å². The maximum absolute atomic E-state index is 13.9. The first kappa shape index (κ1) is 31.0. The number of rotatable bonds is 15. The molecule has 1 atom stereocenters. The van der Waals surface area contributed by atoms with E-state index in [1.807, 2.05) is 80.6 Å². The molecule has 0 aliphatic rings. The van der Waals surface area contributed by atoms with Crippen molar-refractivity contribution in [2.45, 2.75) is 59.5 Å². The molecule has 0 bridgehead atoms. The Morgan fingerprint density at radius 1 is 0.850 bits per heavy atom. The number of nitrogens with one attached hydrogen (secondary N) is 1. The molecule has 0 aromatic heterocycles. The molecule has 214 valence electrons. The topological polar surface area (TPSA) is 67.9 Å². The third kappa shape index (κ3) is 9.60.